The molecule has 0 spiro atoms. The predicted octanol–water partition coefficient (Wildman–Crippen LogP) is 0.0781. The highest BCUT2D eigenvalue weighted by atomic mass is 16.5. The van der Waals surface area contributed by atoms with Gasteiger partial charge in [0.1, 0.15) is 17.8 Å². The molecule has 1 aromatic heterocycles. The molecule has 7 heteroatoms. The third-order valence-corrected chi connectivity index (χ3v) is 2.88. The fourth-order valence-electron chi connectivity index (χ4n) is 1.99. The van der Waals surface area contributed by atoms with E-state index in [2.05, 4.69) is 15.3 Å². The van der Waals surface area contributed by atoms with E-state index in [9.17, 15) is 4.79 Å². The number of amides is 1. The number of ether oxygens (including phenoxy) is 1. The van der Waals surface area contributed by atoms with E-state index in [1.54, 1.807) is 4.90 Å². The highest BCUT2D eigenvalue weighted by Gasteiger charge is 2.31. The van der Waals surface area contributed by atoms with Gasteiger partial charge in [0.25, 0.3) is 0 Å². The second-order valence-corrected chi connectivity index (χ2v) is 4.80. The Morgan fingerprint density at radius 3 is 3.15 bits per heavy atom. The number of hydrogen-bond acceptors (Lipinski definition) is 6. The molecule has 0 saturated carbocycles. The van der Waals surface area contributed by atoms with Crippen LogP contribution >= 0.6 is 0 Å². The first-order valence-corrected chi connectivity index (χ1v) is 6.49. The Bertz CT molecular complexity index is 526. The molecule has 1 aliphatic heterocycles. The van der Waals surface area contributed by atoms with Gasteiger partial charge < -0.3 is 15.0 Å². The van der Waals surface area contributed by atoms with Crippen LogP contribution in [-0.4, -0.2) is 47.7 Å². The van der Waals surface area contributed by atoms with Crippen molar-refractivity contribution in [2.24, 2.45) is 0 Å². The highest BCUT2D eigenvalue weighted by Crippen LogP contribution is 2.15. The number of rotatable bonds is 3. The molecule has 0 aliphatic carbocycles. The molecule has 1 unspecified atom stereocenters. The summed E-state index contributed by atoms with van der Waals surface area (Å²) >= 11 is 0. The van der Waals surface area contributed by atoms with Crippen LogP contribution in [0, 0.1) is 11.3 Å². The molecule has 0 aromatic carbocycles. The number of nitriles is 1. The maximum Gasteiger partial charge on any atom is 0.245 e. The van der Waals surface area contributed by atoms with Gasteiger partial charge in [-0.25, -0.2) is 9.97 Å². The van der Waals surface area contributed by atoms with Crippen LogP contribution in [0.1, 0.15) is 19.5 Å². The number of anilines is 1. The standard InChI is InChI=1S/C13H17N5O2/c1-9(2)16-12(19)11-8-20-6-5-18(11)13-15-4-3-10(7-14)17-13/h3-4,9,11H,5-6,8H2,1-2H3,(H,16,19). The summed E-state index contributed by atoms with van der Waals surface area (Å²) in [6, 6.07) is 3.09. The van der Waals surface area contributed by atoms with Crippen molar-refractivity contribution in [3.8, 4) is 6.07 Å². The maximum atomic E-state index is 12.2. The van der Waals surface area contributed by atoms with Gasteiger partial charge in [0.05, 0.1) is 13.2 Å². The number of carbonyl (C=O) groups excluding carboxylic acids is 1. The lowest BCUT2D eigenvalue weighted by Crippen LogP contribution is -2.55. The molecule has 2 rings (SSSR count). The van der Waals surface area contributed by atoms with Gasteiger partial charge in [0.15, 0.2) is 0 Å². The second kappa shape index (κ2) is 6.30. The summed E-state index contributed by atoms with van der Waals surface area (Å²) in [6.07, 6.45) is 1.52. The van der Waals surface area contributed by atoms with Crippen LogP contribution in [-0.2, 0) is 9.53 Å². The Balaban J connectivity index is 2.22. The average molecular weight is 275 g/mol. The average Bonchev–Trinajstić information content (AvgIpc) is 2.46. The minimum Gasteiger partial charge on any atom is -0.377 e. The summed E-state index contributed by atoms with van der Waals surface area (Å²) < 4.78 is 5.37. The number of carbonyl (C=O) groups is 1. The number of nitrogens with zero attached hydrogens (tertiary/aromatic N) is 4. The van der Waals surface area contributed by atoms with Crippen LogP contribution in [0.3, 0.4) is 0 Å². The molecule has 0 bridgehead atoms. The van der Waals surface area contributed by atoms with E-state index in [4.69, 9.17) is 10.00 Å². The van der Waals surface area contributed by atoms with Crippen molar-refractivity contribution >= 4 is 11.9 Å². The molecule has 1 saturated heterocycles. The fourth-order valence-corrected chi connectivity index (χ4v) is 1.99. The molecule has 2 heterocycles. The molecule has 0 radical (unpaired) electrons. The number of hydrogen-bond donors (Lipinski definition) is 1. The Labute approximate surface area is 117 Å². The molecular weight excluding hydrogens is 258 g/mol. The zero-order valence-corrected chi connectivity index (χ0v) is 11.5. The van der Waals surface area contributed by atoms with Gasteiger partial charge >= 0.3 is 0 Å². The molecule has 20 heavy (non-hydrogen) atoms. The van der Waals surface area contributed by atoms with Gasteiger partial charge in [-0.3, -0.25) is 4.79 Å². The smallest absolute Gasteiger partial charge is 0.245 e. The van der Waals surface area contributed by atoms with Crippen LogP contribution in [0.2, 0.25) is 0 Å². The van der Waals surface area contributed by atoms with E-state index >= 15 is 0 Å². The van der Waals surface area contributed by atoms with E-state index in [-0.39, 0.29) is 17.6 Å². The van der Waals surface area contributed by atoms with Gasteiger partial charge in [-0.15, -0.1) is 0 Å². The summed E-state index contributed by atoms with van der Waals surface area (Å²) in [5.74, 6) is 0.266. The summed E-state index contributed by atoms with van der Waals surface area (Å²) in [5.41, 5.74) is 0.282. The molecular formula is C13H17N5O2. The summed E-state index contributed by atoms with van der Waals surface area (Å²) in [5, 5.41) is 11.8. The summed E-state index contributed by atoms with van der Waals surface area (Å²) in [4.78, 5) is 22.3. The second-order valence-electron chi connectivity index (χ2n) is 4.80. The lowest BCUT2D eigenvalue weighted by molar-refractivity contribution is -0.125. The molecule has 1 amide bonds. The van der Waals surface area contributed by atoms with Crippen molar-refractivity contribution in [2.75, 3.05) is 24.7 Å². The van der Waals surface area contributed by atoms with Gasteiger partial charge in [-0.1, -0.05) is 0 Å². The topological polar surface area (TPSA) is 91.1 Å². The summed E-state index contributed by atoms with van der Waals surface area (Å²) in [6.45, 7) is 5.12. The minimum atomic E-state index is -0.472. The lowest BCUT2D eigenvalue weighted by atomic mass is 10.2. The molecule has 1 N–H and O–H groups in total. The van der Waals surface area contributed by atoms with Crippen molar-refractivity contribution in [2.45, 2.75) is 25.9 Å². The molecule has 7 nitrogen and oxygen atoms in total. The fraction of sp³-hybridized carbons (Fsp3) is 0.538. The van der Waals surface area contributed by atoms with Crippen LogP contribution in [0.25, 0.3) is 0 Å². The van der Waals surface area contributed by atoms with Crippen molar-refractivity contribution in [3.63, 3.8) is 0 Å². The van der Waals surface area contributed by atoms with E-state index < -0.39 is 6.04 Å². The Kier molecular flexibility index (Phi) is 4.48. The van der Waals surface area contributed by atoms with E-state index in [0.29, 0.717) is 25.7 Å². The van der Waals surface area contributed by atoms with Crippen molar-refractivity contribution < 1.29 is 9.53 Å². The van der Waals surface area contributed by atoms with Gasteiger partial charge in [0.2, 0.25) is 11.9 Å². The lowest BCUT2D eigenvalue weighted by Gasteiger charge is -2.34. The molecule has 1 aliphatic rings. The van der Waals surface area contributed by atoms with E-state index in [0.717, 1.165) is 0 Å². The largest absolute Gasteiger partial charge is 0.377 e. The summed E-state index contributed by atoms with van der Waals surface area (Å²) in [7, 11) is 0. The third kappa shape index (κ3) is 3.22. The quantitative estimate of drug-likeness (QED) is 0.840. The van der Waals surface area contributed by atoms with Crippen LogP contribution < -0.4 is 10.2 Å². The Hall–Kier alpha value is -2.20. The Morgan fingerprint density at radius 1 is 1.65 bits per heavy atom. The van der Waals surface area contributed by atoms with Gasteiger partial charge in [-0.05, 0) is 19.9 Å². The highest BCUT2D eigenvalue weighted by molar-refractivity contribution is 5.85. The van der Waals surface area contributed by atoms with E-state index in [1.165, 1.54) is 12.3 Å². The number of aromatic nitrogens is 2. The zero-order valence-electron chi connectivity index (χ0n) is 11.5. The first kappa shape index (κ1) is 14.2. The first-order valence-electron chi connectivity index (χ1n) is 6.49. The number of nitrogens with one attached hydrogen (secondary N) is 1. The predicted molar refractivity (Wildman–Crippen MR) is 72.0 cm³/mol. The first-order chi connectivity index (χ1) is 9.61. The zero-order chi connectivity index (χ0) is 14.5. The SMILES string of the molecule is CC(C)NC(=O)C1COCCN1c1nccc(C#N)n1. The molecule has 1 fully saturated rings. The monoisotopic (exact) mass is 275 g/mol. The maximum absolute atomic E-state index is 12.2. The Morgan fingerprint density at radius 2 is 2.45 bits per heavy atom. The normalized spacial score (nSPS) is 18.7. The van der Waals surface area contributed by atoms with Gasteiger partial charge in [-0.2, -0.15) is 5.26 Å². The van der Waals surface area contributed by atoms with Crippen molar-refractivity contribution in [1.29, 1.82) is 5.26 Å². The van der Waals surface area contributed by atoms with E-state index in [1.807, 2.05) is 19.9 Å². The van der Waals surface area contributed by atoms with Crippen LogP contribution in [0.4, 0.5) is 5.95 Å². The molecule has 1 atom stereocenters. The van der Waals surface area contributed by atoms with Crippen molar-refractivity contribution in [3.05, 3.63) is 18.0 Å². The third-order valence-electron chi connectivity index (χ3n) is 2.88. The van der Waals surface area contributed by atoms with Crippen LogP contribution in [0.5, 0.6) is 0 Å². The van der Waals surface area contributed by atoms with Gasteiger partial charge in [0, 0.05) is 18.8 Å². The number of morpholine rings is 1. The van der Waals surface area contributed by atoms with Crippen LogP contribution in [0.15, 0.2) is 12.3 Å². The van der Waals surface area contributed by atoms with Crippen molar-refractivity contribution in [1.82, 2.24) is 15.3 Å². The molecule has 106 valence electrons. The molecule has 1 aromatic rings. The minimum absolute atomic E-state index is 0.0534.